The largest absolute Gasteiger partial charge is 0.469 e. The molecule has 0 aliphatic rings. The highest BCUT2D eigenvalue weighted by molar-refractivity contribution is 7.46. The van der Waals surface area contributed by atoms with Crippen LogP contribution in [0.5, 0.6) is 0 Å². The summed E-state index contributed by atoms with van der Waals surface area (Å²) in [5.74, 6) is -0.413. The fourth-order valence-corrected chi connectivity index (χ4v) is 3.87. The van der Waals surface area contributed by atoms with Crippen molar-refractivity contribution < 1.29 is 33.5 Å². The number of carbonyl (C=O) groups excluding carboxylic acids is 1. The second-order valence-electron chi connectivity index (χ2n) is 8.35. The number of phosphoric ester groups is 1. The normalized spacial score (nSPS) is 12.6. The molecule has 0 bridgehead atoms. The van der Waals surface area contributed by atoms with E-state index in [4.69, 9.17) is 14.5 Å². The van der Waals surface area contributed by atoms with Gasteiger partial charge in [0.2, 0.25) is 0 Å². The van der Waals surface area contributed by atoms with Crippen molar-refractivity contribution in [2.45, 2.75) is 96.0 Å². The lowest BCUT2D eigenvalue weighted by Crippen LogP contribution is -2.23. The number of aliphatic hydroxyl groups excluding tert-OH is 1. The van der Waals surface area contributed by atoms with E-state index in [2.05, 4.69) is 34.9 Å². The van der Waals surface area contributed by atoms with E-state index in [1.165, 1.54) is 69.8 Å². The lowest BCUT2D eigenvalue weighted by molar-refractivity contribution is -0.147. The quantitative estimate of drug-likeness (QED) is 0.134. The highest BCUT2D eigenvalue weighted by Gasteiger charge is 2.17. The van der Waals surface area contributed by atoms with E-state index < -0.39 is 26.5 Å². The molecule has 7 nitrogen and oxygen atoms in total. The third kappa shape index (κ3) is 18.3. The molecule has 184 valence electrons. The molecule has 0 aliphatic carbocycles. The monoisotopic (exact) mass is 472 g/mol. The van der Waals surface area contributed by atoms with E-state index in [1.54, 1.807) is 0 Å². The summed E-state index contributed by atoms with van der Waals surface area (Å²) in [6.45, 7) is -0.905. The molecule has 0 aliphatic heterocycles. The Bertz CT molecular complexity index is 632. The maximum atomic E-state index is 11.6. The van der Waals surface area contributed by atoms with Crippen LogP contribution in [0.25, 0.3) is 0 Å². The zero-order chi connectivity index (χ0) is 23.5. The van der Waals surface area contributed by atoms with Gasteiger partial charge in [-0.05, 0) is 24.8 Å². The van der Waals surface area contributed by atoms with Crippen molar-refractivity contribution in [3.63, 3.8) is 0 Å². The van der Waals surface area contributed by atoms with Crippen LogP contribution < -0.4 is 0 Å². The number of unbranched alkanes of at least 4 members (excludes halogenated alkanes) is 11. The molecule has 0 saturated carbocycles. The molecule has 3 N–H and O–H groups in total. The minimum atomic E-state index is -4.62. The zero-order valence-corrected chi connectivity index (χ0v) is 20.1. The van der Waals surface area contributed by atoms with Gasteiger partial charge in [-0.1, -0.05) is 94.5 Å². The highest BCUT2D eigenvalue weighted by atomic mass is 31.2. The molecule has 1 atom stereocenters. The minimum absolute atomic E-state index is 0.288. The summed E-state index contributed by atoms with van der Waals surface area (Å²) in [6.07, 6.45) is 14.6. The predicted octanol–water partition coefficient (Wildman–Crippen LogP) is 5.31. The topological polar surface area (TPSA) is 113 Å². The van der Waals surface area contributed by atoms with Crippen molar-refractivity contribution in [3.8, 4) is 0 Å². The van der Waals surface area contributed by atoms with Gasteiger partial charge in [0.25, 0.3) is 0 Å². The molecule has 0 saturated heterocycles. The number of hydrogen-bond donors (Lipinski definition) is 3. The summed E-state index contributed by atoms with van der Waals surface area (Å²) in [5.41, 5.74) is 1.44. The van der Waals surface area contributed by atoms with Crippen molar-refractivity contribution >= 4 is 13.8 Å². The van der Waals surface area contributed by atoms with Crippen molar-refractivity contribution in [2.24, 2.45) is 0 Å². The summed E-state index contributed by atoms with van der Waals surface area (Å²) in [4.78, 5) is 28.7. The van der Waals surface area contributed by atoms with Crippen LogP contribution in [0, 0.1) is 0 Å². The molecule has 1 aromatic carbocycles. The third-order valence-corrected chi connectivity index (χ3v) is 5.80. The average molecular weight is 473 g/mol. The third-order valence-electron chi connectivity index (χ3n) is 5.31. The number of esters is 1. The van der Waals surface area contributed by atoms with Crippen molar-refractivity contribution in [1.82, 2.24) is 0 Å². The SMILES string of the molecule is O=C(CCCCCCCCCCCCCCc1ccccc1)OC[C@@H](O)COP(=O)(O)O. The van der Waals surface area contributed by atoms with Gasteiger partial charge < -0.3 is 19.6 Å². The molecule has 0 aromatic heterocycles. The van der Waals surface area contributed by atoms with Crippen LogP contribution in [-0.4, -0.2) is 40.2 Å². The molecule has 0 fully saturated rings. The van der Waals surface area contributed by atoms with Crippen LogP contribution in [0.4, 0.5) is 0 Å². The van der Waals surface area contributed by atoms with Crippen LogP contribution in [0.1, 0.15) is 89.0 Å². The number of aliphatic hydroxyl groups is 1. The molecule has 1 aromatic rings. The molecule has 0 radical (unpaired) electrons. The Labute approximate surface area is 192 Å². The van der Waals surface area contributed by atoms with Crippen molar-refractivity contribution in [2.75, 3.05) is 13.2 Å². The van der Waals surface area contributed by atoms with E-state index in [1.807, 2.05) is 0 Å². The van der Waals surface area contributed by atoms with Crippen LogP contribution in [-0.2, 0) is 25.0 Å². The van der Waals surface area contributed by atoms with Crippen LogP contribution in [0.2, 0.25) is 0 Å². The standard InChI is InChI=1S/C24H41O7P/c25-23(21-31-32(27,28)29)20-30-24(26)19-15-10-8-6-4-2-1-3-5-7-9-12-16-22-17-13-11-14-18-22/h11,13-14,17-18,23,25H,1-10,12,15-16,19-21H2,(H2,27,28,29)/t23-/m1/s1. The van der Waals surface area contributed by atoms with Crippen LogP contribution >= 0.6 is 7.82 Å². The Hall–Kier alpha value is -1.24. The maximum Gasteiger partial charge on any atom is 0.469 e. The Morgan fingerprint density at radius 1 is 0.781 bits per heavy atom. The van der Waals surface area contributed by atoms with Gasteiger partial charge in [0, 0.05) is 6.42 Å². The Kier molecular flexibility index (Phi) is 16.4. The molecular formula is C24H41O7P. The molecular weight excluding hydrogens is 431 g/mol. The Morgan fingerprint density at radius 3 is 1.81 bits per heavy atom. The summed E-state index contributed by atoms with van der Waals surface area (Å²) in [5, 5.41) is 9.44. The molecule has 8 heteroatoms. The van der Waals surface area contributed by atoms with Gasteiger partial charge in [-0.25, -0.2) is 4.57 Å². The lowest BCUT2D eigenvalue weighted by atomic mass is 10.0. The molecule has 32 heavy (non-hydrogen) atoms. The van der Waals surface area contributed by atoms with E-state index in [9.17, 15) is 14.5 Å². The van der Waals surface area contributed by atoms with Gasteiger partial charge in [-0.15, -0.1) is 0 Å². The molecule has 0 heterocycles. The van der Waals surface area contributed by atoms with E-state index in [0.717, 1.165) is 19.3 Å². The molecule has 0 amide bonds. The number of rotatable bonds is 20. The zero-order valence-electron chi connectivity index (χ0n) is 19.2. The molecule has 0 unspecified atom stereocenters. The number of carbonyl (C=O) groups is 1. The Balaban J connectivity index is 1.80. The summed E-state index contributed by atoms with van der Waals surface area (Å²) >= 11 is 0. The lowest BCUT2D eigenvalue weighted by Gasteiger charge is -2.12. The second-order valence-corrected chi connectivity index (χ2v) is 9.59. The fraction of sp³-hybridized carbons (Fsp3) is 0.708. The maximum absolute atomic E-state index is 11.6. The van der Waals surface area contributed by atoms with Crippen molar-refractivity contribution in [1.29, 1.82) is 0 Å². The number of aryl methyl sites for hydroxylation is 1. The van der Waals surface area contributed by atoms with Gasteiger partial charge in [0.05, 0.1) is 6.61 Å². The Morgan fingerprint density at radius 2 is 1.28 bits per heavy atom. The van der Waals surface area contributed by atoms with Gasteiger partial charge in [-0.2, -0.15) is 0 Å². The first-order valence-electron chi connectivity index (χ1n) is 11.9. The predicted molar refractivity (Wildman–Crippen MR) is 125 cm³/mol. The van der Waals surface area contributed by atoms with Gasteiger partial charge in [0.15, 0.2) is 0 Å². The number of benzene rings is 1. The van der Waals surface area contributed by atoms with Crippen molar-refractivity contribution in [3.05, 3.63) is 35.9 Å². The highest BCUT2D eigenvalue weighted by Crippen LogP contribution is 2.35. The first-order valence-corrected chi connectivity index (χ1v) is 13.5. The van der Waals surface area contributed by atoms with Gasteiger partial charge in [0.1, 0.15) is 12.7 Å². The summed E-state index contributed by atoms with van der Waals surface area (Å²) in [6, 6.07) is 10.7. The first kappa shape index (κ1) is 28.8. The van der Waals surface area contributed by atoms with Crippen LogP contribution in [0.15, 0.2) is 30.3 Å². The van der Waals surface area contributed by atoms with Gasteiger partial charge in [-0.3, -0.25) is 9.32 Å². The van der Waals surface area contributed by atoms with E-state index in [-0.39, 0.29) is 13.0 Å². The van der Waals surface area contributed by atoms with E-state index in [0.29, 0.717) is 0 Å². The number of phosphoric acid groups is 1. The summed E-state index contributed by atoms with van der Waals surface area (Å²) < 4.78 is 19.5. The number of hydrogen-bond acceptors (Lipinski definition) is 5. The molecule has 0 spiro atoms. The smallest absolute Gasteiger partial charge is 0.463 e. The molecule has 1 rings (SSSR count). The van der Waals surface area contributed by atoms with Crippen LogP contribution in [0.3, 0.4) is 0 Å². The van der Waals surface area contributed by atoms with Gasteiger partial charge >= 0.3 is 13.8 Å². The number of ether oxygens (including phenoxy) is 1. The second kappa shape index (κ2) is 18.2. The van der Waals surface area contributed by atoms with E-state index >= 15 is 0 Å². The average Bonchev–Trinajstić information content (AvgIpc) is 2.76. The fourth-order valence-electron chi connectivity index (χ4n) is 3.50. The summed E-state index contributed by atoms with van der Waals surface area (Å²) in [7, 11) is -4.62. The minimum Gasteiger partial charge on any atom is -0.463 e. The first-order chi connectivity index (χ1) is 15.4.